The van der Waals surface area contributed by atoms with Gasteiger partial charge in [-0.05, 0) is 133 Å². The average molecular weight is 912 g/mol. The minimum absolute atomic E-state index is 0. The molecular formula is C65H62KNO-2. The summed E-state index contributed by atoms with van der Waals surface area (Å²) in [6.07, 6.45) is 33.8. The fourth-order valence-corrected chi connectivity index (χ4v) is 10.0. The summed E-state index contributed by atoms with van der Waals surface area (Å²) in [6, 6.07) is 46.6. The van der Waals surface area contributed by atoms with E-state index in [1.165, 1.54) is 46.2 Å². The van der Waals surface area contributed by atoms with E-state index in [1.807, 2.05) is 61.6 Å². The maximum atomic E-state index is 5.73. The molecule has 3 heteroatoms. The summed E-state index contributed by atoms with van der Waals surface area (Å²) >= 11 is 0. The van der Waals surface area contributed by atoms with Crippen LogP contribution in [0.25, 0.3) is 50.0 Å². The van der Waals surface area contributed by atoms with Crippen molar-refractivity contribution < 1.29 is 56.1 Å². The summed E-state index contributed by atoms with van der Waals surface area (Å²) in [7, 11) is 1.66. The number of aryl methyl sites for hydroxylation is 1. The largest absolute Gasteiger partial charge is 1.00 e. The first-order valence-electron chi connectivity index (χ1n) is 23.8. The van der Waals surface area contributed by atoms with Crippen LogP contribution in [0.5, 0.6) is 0 Å². The second kappa shape index (κ2) is 24.2. The first kappa shape index (κ1) is 50.4. The molecule has 68 heavy (non-hydrogen) atoms. The van der Waals surface area contributed by atoms with E-state index in [9.17, 15) is 0 Å². The van der Waals surface area contributed by atoms with E-state index >= 15 is 0 Å². The predicted molar refractivity (Wildman–Crippen MR) is 286 cm³/mol. The second-order valence-electron chi connectivity index (χ2n) is 17.6. The number of hydrogen-bond donors (Lipinski definition) is 0. The van der Waals surface area contributed by atoms with Crippen molar-refractivity contribution >= 4 is 27.7 Å². The molecule has 4 aliphatic carbocycles. The molecule has 1 saturated carbocycles. The molecule has 336 valence electrons. The van der Waals surface area contributed by atoms with E-state index in [4.69, 9.17) is 4.74 Å². The Bertz CT molecular complexity index is 2990. The summed E-state index contributed by atoms with van der Waals surface area (Å²) in [5.74, 6) is 2.23. The molecule has 3 atom stereocenters. The first-order valence-corrected chi connectivity index (χ1v) is 23.8. The minimum Gasteiger partial charge on any atom is -0.497 e. The predicted octanol–water partition coefficient (Wildman–Crippen LogP) is 14.3. The van der Waals surface area contributed by atoms with Gasteiger partial charge < -0.3 is 9.30 Å². The van der Waals surface area contributed by atoms with Crippen molar-refractivity contribution in [1.29, 1.82) is 0 Å². The van der Waals surface area contributed by atoms with Crippen molar-refractivity contribution in [2.45, 2.75) is 65.7 Å². The van der Waals surface area contributed by atoms with Crippen LogP contribution >= 0.6 is 0 Å². The van der Waals surface area contributed by atoms with Crippen molar-refractivity contribution in [2.24, 2.45) is 11.8 Å². The second-order valence-corrected chi connectivity index (χ2v) is 17.6. The molecule has 4 aromatic carbocycles. The summed E-state index contributed by atoms with van der Waals surface area (Å²) in [5.41, 5.74) is 18.0. The fourth-order valence-electron chi connectivity index (χ4n) is 10.0. The molecule has 9 rings (SSSR count). The average Bonchev–Trinajstić information content (AvgIpc) is 3.39. The van der Waals surface area contributed by atoms with E-state index in [-0.39, 0.29) is 51.4 Å². The van der Waals surface area contributed by atoms with Crippen molar-refractivity contribution in [3.63, 3.8) is 0 Å². The number of benzene rings is 4. The third-order valence-corrected chi connectivity index (χ3v) is 13.4. The van der Waals surface area contributed by atoms with Crippen LogP contribution < -0.4 is 51.4 Å². The third kappa shape index (κ3) is 11.2. The van der Waals surface area contributed by atoms with Crippen LogP contribution in [0.4, 0.5) is 0 Å². The molecule has 0 saturated heterocycles. The molecular weight excluding hydrogens is 850 g/mol. The van der Waals surface area contributed by atoms with Crippen LogP contribution in [-0.2, 0) is 4.74 Å². The molecule has 1 fully saturated rings. The van der Waals surface area contributed by atoms with Gasteiger partial charge in [0.05, 0.1) is 7.11 Å². The van der Waals surface area contributed by atoms with Crippen molar-refractivity contribution in [3.8, 4) is 22.3 Å². The van der Waals surface area contributed by atoms with Gasteiger partial charge in [0.2, 0.25) is 0 Å². The van der Waals surface area contributed by atoms with Gasteiger partial charge in [-0.25, -0.2) is 11.1 Å². The molecule has 3 unspecified atom stereocenters. The Kier molecular flexibility index (Phi) is 17.9. The van der Waals surface area contributed by atoms with E-state index in [0.29, 0.717) is 23.5 Å². The zero-order valence-corrected chi connectivity index (χ0v) is 44.0. The number of fused-ring (bicyclic) bond motifs is 6. The van der Waals surface area contributed by atoms with Crippen molar-refractivity contribution in [1.82, 2.24) is 4.57 Å². The number of hydrogen-bond acceptors (Lipinski definition) is 1. The van der Waals surface area contributed by atoms with Gasteiger partial charge in [0.15, 0.2) is 0 Å². The molecule has 1 aromatic heterocycles. The topological polar surface area (TPSA) is 14.2 Å². The number of allylic oxidation sites excluding steroid dienone is 18. The fraction of sp³-hybridized carbons (Fsp3) is 0.200. The van der Waals surface area contributed by atoms with Crippen LogP contribution in [-0.4, -0.2) is 11.7 Å². The van der Waals surface area contributed by atoms with Crippen LogP contribution in [0, 0.1) is 37.0 Å². The summed E-state index contributed by atoms with van der Waals surface area (Å²) in [4.78, 5) is 0. The standard InChI is InChI=1S/C51H49NO.C14H13.K/c1-8-10-12-19-34(3)48(37(6)53-7)33-40(9-2)52-36(5)32-39(23-16-26-44-41(24-18-29-49(44)52)38-21-13-11-14-22-38)42-25-17-28-47-50-35(4)20-15-27-45(50)43-30-31-46(43)51(42)47;1-2-5-9-13(10-6-3-1)14-11-7-4-8-12-14;/h8-19,21,23,25-29,32-33,35,43,46H,3,6,20,30-31H2,1-2,4-5,7H3;1-2,6-12H,3,5H2;/q-2;-1;+1/b10-8-,19-12-,26-16?,36-32?,39-23?,40-9+,48-33-;2-1?,10-6-,13-9+;. The first-order chi connectivity index (χ1) is 32.8. The number of nitrogens with zero attached hydrogens (tertiary/aromatic N) is 1. The third-order valence-electron chi connectivity index (χ3n) is 13.4. The summed E-state index contributed by atoms with van der Waals surface area (Å²) in [5, 5.41) is 1.07. The minimum atomic E-state index is 0. The Morgan fingerprint density at radius 2 is 1.57 bits per heavy atom. The summed E-state index contributed by atoms with van der Waals surface area (Å²) < 4.78 is 8.08. The monoisotopic (exact) mass is 911 g/mol. The molecule has 0 radical (unpaired) electrons. The van der Waals surface area contributed by atoms with Gasteiger partial charge in [0.25, 0.3) is 0 Å². The molecule has 0 aliphatic heterocycles. The quantitative estimate of drug-likeness (QED) is 0.0448. The van der Waals surface area contributed by atoms with Gasteiger partial charge in [0.1, 0.15) is 5.76 Å². The van der Waals surface area contributed by atoms with Crippen molar-refractivity contribution in [3.05, 3.63) is 258 Å². The van der Waals surface area contributed by atoms with Crippen LogP contribution in [0.15, 0.2) is 218 Å². The SMILES string of the molecule is C=C(/C=C\C=C/C)/C(=C/C(=C\C)n1c(C)cc(-c2cccc3c2C2CCC2C2=C3C(C)CC=C2)cccc2c(-c3[c-]cccc3)[c-]ccc21)C(=C)OC.[K+].[c-]1ccc(C2=C/CC=CC/C=C\2)cc1. The van der Waals surface area contributed by atoms with Crippen LogP contribution in [0.2, 0.25) is 0 Å². The summed E-state index contributed by atoms with van der Waals surface area (Å²) in [6.45, 7) is 17.4. The van der Waals surface area contributed by atoms with Crippen LogP contribution in [0.1, 0.15) is 81.2 Å². The normalized spacial score (nSPS) is 19.7. The Labute approximate surface area is 449 Å². The molecule has 5 aromatic rings. The zero-order valence-electron chi connectivity index (χ0n) is 40.9. The molecule has 0 bridgehead atoms. The molecule has 0 amide bonds. The molecule has 4 aliphatic rings. The van der Waals surface area contributed by atoms with Crippen LogP contribution in [0.3, 0.4) is 0 Å². The molecule has 0 N–H and O–H groups in total. The number of rotatable bonds is 10. The Morgan fingerprint density at radius 1 is 0.779 bits per heavy atom. The zero-order chi connectivity index (χ0) is 46.7. The maximum absolute atomic E-state index is 5.73. The van der Waals surface area contributed by atoms with Gasteiger partial charge >= 0.3 is 51.4 Å². The Morgan fingerprint density at radius 3 is 2.32 bits per heavy atom. The van der Waals surface area contributed by atoms with E-state index in [2.05, 4.69) is 184 Å². The number of aromatic nitrogens is 1. The maximum Gasteiger partial charge on any atom is 1.00 e. The smallest absolute Gasteiger partial charge is 0.497 e. The Hall–Kier alpha value is -5.52. The number of ether oxygens (including phenoxy) is 1. The van der Waals surface area contributed by atoms with E-state index in [0.717, 1.165) is 63.8 Å². The Balaban J connectivity index is 0.000000390. The molecule has 1 heterocycles. The van der Waals surface area contributed by atoms with Gasteiger partial charge in [0, 0.05) is 17.0 Å². The number of methoxy groups -OCH3 is 1. The van der Waals surface area contributed by atoms with Crippen molar-refractivity contribution in [2.75, 3.05) is 7.11 Å². The van der Waals surface area contributed by atoms with E-state index < -0.39 is 0 Å². The molecule has 2 nitrogen and oxygen atoms in total. The van der Waals surface area contributed by atoms with E-state index in [1.54, 1.807) is 18.3 Å². The van der Waals surface area contributed by atoms with Gasteiger partial charge in [-0.15, -0.1) is 29.1 Å². The van der Waals surface area contributed by atoms with Gasteiger partial charge in [-0.3, -0.25) is 0 Å². The van der Waals surface area contributed by atoms with Gasteiger partial charge in [-0.2, -0.15) is 66.7 Å². The molecule has 0 spiro atoms. The van der Waals surface area contributed by atoms with Gasteiger partial charge in [-0.1, -0.05) is 123 Å².